The van der Waals surface area contributed by atoms with Gasteiger partial charge in [0, 0.05) is 5.56 Å². The molecule has 7 nitrogen and oxygen atoms in total. The van der Waals surface area contributed by atoms with Crippen LogP contribution in [0.15, 0.2) is 54.1 Å². The standard InChI is InChI=1S/C24H32N4O3S/c1-3-32(29,30)28(17-18(2)15-19-5-4-6-20(16-19)24(25)26)21-7-9-22(10-8-21)31-23-11-13-27-14-12-23/h4-10,15-16,23,27H,3,11-14,17H2,1-2H3,(H3,25,26)/b18-15+. The van der Waals surface area contributed by atoms with Gasteiger partial charge in [-0.05, 0) is 75.7 Å². The Bertz CT molecular complexity index is 1060. The van der Waals surface area contributed by atoms with Gasteiger partial charge in [-0.15, -0.1) is 0 Å². The number of benzene rings is 2. The number of piperidine rings is 1. The zero-order valence-electron chi connectivity index (χ0n) is 18.7. The Kier molecular flexibility index (Phi) is 7.93. The van der Waals surface area contributed by atoms with Gasteiger partial charge >= 0.3 is 0 Å². The summed E-state index contributed by atoms with van der Waals surface area (Å²) in [5, 5.41) is 10.9. The first-order valence-corrected chi connectivity index (χ1v) is 12.5. The van der Waals surface area contributed by atoms with Gasteiger partial charge in [0.05, 0.1) is 18.0 Å². The monoisotopic (exact) mass is 456 g/mol. The van der Waals surface area contributed by atoms with Crippen molar-refractivity contribution in [2.75, 3.05) is 29.7 Å². The quantitative estimate of drug-likeness (QED) is 0.396. The minimum absolute atomic E-state index is 0.000103. The van der Waals surface area contributed by atoms with Crippen LogP contribution in [0.3, 0.4) is 0 Å². The highest BCUT2D eigenvalue weighted by Gasteiger charge is 2.21. The van der Waals surface area contributed by atoms with E-state index in [1.54, 1.807) is 25.1 Å². The number of amidine groups is 1. The summed E-state index contributed by atoms with van der Waals surface area (Å²) in [7, 11) is -3.47. The lowest BCUT2D eigenvalue weighted by Crippen LogP contribution is -2.34. The Hall–Kier alpha value is -2.84. The fourth-order valence-corrected chi connectivity index (χ4v) is 4.81. The van der Waals surface area contributed by atoms with Crippen LogP contribution in [0, 0.1) is 5.41 Å². The maximum absolute atomic E-state index is 12.8. The van der Waals surface area contributed by atoms with E-state index in [9.17, 15) is 8.42 Å². The molecule has 0 unspecified atom stereocenters. The van der Waals surface area contributed by atoms with Crippen LogP contribution >= 0.6 is 0 Å². The van der Waals surface area contributed by atoms with Crippen molar-refractivity contribution in [2.45, 2.75) is 32.8 Å². The van der Waals surface area contributed by atoms with E-state index in [0.717, 1.165) is 42.8 Å². The molecule has 1 aliphatic heterocycles. The molecule has 0 atom stereocenters. The van der Waals surface area contributed by atoms with Crippen molar-refractivity contribution >= 4 is 27.6 Å². The molecule has 2 aromatic rings. The van der Waals surface area contributed by atoms with E-state index < -0.39 is 10.0 Å². The van der Waals surface area contributed by atoms with Crippen LogP contribution in [0.5, 0.6) is 5.75 Å². The molecule has 0 aromatic heterocycles. The topological polar surface area (TPSA) is 109 Å². The van der Waals surface area contributed by atoms with Crippen molar-refractivity contribution in [1.29, 1.82) is 5.41 Å². The molecule has 2 aromatic carbocycles. The summed E-state index contributed by atoms with van der Waals surface area (Å²) in [5.74, 6) is 0.760. The second-order valence-electron chi connectivity index (χ2n) is 8.00. The smallest absolute Gasteiger partial charge is 0.235 e. The number of hydrogen-bond donors (Lipinski definition) is 3. The van der Waals surface area contributed by atoms with Gasteiger partial charge in [0.1, 0.15) is 17.7 Å². The highest BCUT2D eigenvalue weighted by atomic mass is 32.2. The number of anilines is 1. The third kappa shape index (κ3) is 6.34. The minimum Gasteiger partial charge on any atom is -0.490 e. The predicted molar refractivity (Wildman–Crippen MR) is 131 cm³/mol. The lowest BCUT2D eigenvalue weighted by molar-refractivity contribution is 0.162. The predicted octanol–water partition coefficient (Wildman–Crippen LogP) is 3.36. The SMILES string of the molecule is CCS(=O)(=O)N(C/C(C)=C/c1cccc(C(=N)N)c1)c1ccc(OC2CCNCC2)cc1. The highest BCUT2D eigenvalue weighted by Crippen LogP contribution is 2.25. The molecule has 0 amide bonds. The largest absolute Gasteiger partial charge is 0.490 e. The number of hydrogen-bond acceptors (Lipinski definition) is 5. The average molecular weight is 457 g/mol. The van der Waals surface area contributed by atoms with Gasteiger partial charge in [-0.25, -0.2) is 8.42 Å². The number of nitrogens with two attached hydrogens (primary N) is 1. The summed E-state index contributed by atoms with van der Waals surface area (Å²) in [6, 6.07) is 14.6. The summed E-state index contributed by atoms with van der Waals surface area (Å²) >= 11 is 0. The van der Waals surface area contributed by atoms with Crippen molar-refractivity contribution in [1.82, 2.24) is 5.32 Å². The number of nitrogen functional groups attached to an aromatic ring is 1. The van der Waals surface area contributed by atoms with Gasteiger partial charge in [0.2, 0.25) is 10.0 Å². The Morgan fingerprint density at radius 3 is 2.53 bits per heavy atom. The van der Waals surface area contributed by atoms with Gasteiger partial charge < -0.3 is 15.8 Å². The average Bonchev–Trinajstić information content (AvgIpc) is 2.79. The lowest BCUT2D eigenvalue weighted by Gasteiger charge is -2.26. The van der Waals surface area contributed by atoms with Gasteiger partial charge in [0.15, 0.2) is 0 Å². The minimum atomic E-state index is -3.47. The fourth-order valence-electron chi connectivity index (χ4n) is 3.66. The molecule has 4 N–H and O–H groups in total. The number of nitrogens with one attached hydrogen (secondary N) is 2. The molecule has 172 valence electrons. The van der Waals surface area contributed by atoms with E-state index in [1.807, 2.05) is 43.3 Å². The molecule has 0 saturated carbocycles. The molecule has 0 aliphatic carbocycles. The molecule has 1 saturated heterocycles. The van der Waals surface area contributed by atoms with Crippen LogP contribution in [-0.4, -0.2) is 45.7 Å². The molecule has 0 radical (unpaired) electrons. The normalized spacial score (nSPS) is 15.4. The van der Waals surface area contributed by atoms with Crippen LogP contribution in [0.1, 0.15) is 37.8 Å². The first-order valence-electron chi connectivity index (χ1n) is 10.9. The van der Waals surface area contributed by atoms with Crippen molar-refractivity contribution in [2.24, 2.45) is 5.73 Å². The molecule has 8 heteroatoms. The second-order valence-corrected chi connectivity index (χ2v) is 10.2. The zero-order chi connectivity index (χ0) is 23.1. The van der Waals surface area contributed by atoms with Crippen LogP contribution in [0.25, 0.3) is 6.08 Å². The maximum atomic E-state index is 12.8. The molecule has 0 bridgehead atoms. The highest BCUT2D eigenvalue weighted by molar-refractivity contribution is 7.92. The number of ether oxygens (including phenoxy) is 1. The van der Waals surface area contributed by atoms with Gasteiger partial charge in [-0.2, -0.15) is 0 Å². The van der Waals surface area contributed by atoms with E-state index >= 15 is 0 Å². The fraction of sp³-hybridized carbons (Fsp3) is 0.375. The Labute approximate surface area is 190 Å². The van der Waals surface area contributed by atoms with Gasteiger partial charge in [-0.1, -0.05) is 29.8 Å². The first-order chi connectivity index (χ1) is 15.3. The molecule has 1 fully saturated rings. The van der Waals surface area contributed by atoms with Crippen LogP contribution in [0.2, 0.25) is 0 Å². The summed E-state index contributed by atoms with van der Waals surface area (Å²) < 4.78 is 33.2. The Morgan fingerprint density at radius 1 is 1.22 bits per heavy atom. The van der Waals surface area contributed by atoms with Crippen molar-refractivity contribution in [3.63, 3.8) is 0 Å². The van der Waals surface area contributed by atoms with Crippen molar-refractivity contribution in [3.8, 4) is 5.75 Å². The molecular weight excluding hydrogens is 424 g/mol. The van der Waals surface area contributed by atoms with Crippen molar-refractivity contribution in [3.05, 3.63) is 65.2 Å². The van der Waals surface area contributed by atoms with Crippen LogP contribution in [-0.2, 0) is 10.0 Å². The number of nitrogens with zero attached hydrogens (tertiary/aromatic N) is 1. The third-order valence-electron chi connectivity index (χ3n) is 5.42. The van der Waals surface area contributed by atoms with Crippen LogP contribution in [0.4, 0.5) is 5.69 Å². The van der Waals surface area contributed by atoms with E-state index in [0.29, 0.717) is 11.3 Å². The molecule has 3 rings (SSSR count). The van der Waals surface area contributed by atoms with Gasteiger partial charge in [-0.3, -0.25) is 9.71 Å². The van der Waals surface area contributed by atoms with E-state index in [2.05, 4.69) is 5.32 Å². The summed E-state index contributed by atoms with van der Waals surface area (Å²) in [6.07, 6.45) is 4.03. The summed E-state index contributed by atoms with van der Waals surface area (Å²) in [5.41, 5.74) is 8.56. The second kappa shape index (κ2) is 10.7. The van der Waals surface area contributed by atoms with E-state index in [1.165, 1.54) is 4.31 Å². The maximum Gasteiger partial charge on any atom is 0.235 e. The van der Waals surface area contributed by atoms with Gasteiger partial charge in [0.25, 0.3) is 0 Å². The first kappa shape index (κ1) is 23.8. The van der Waals surface area contributed by atoms with E-state index in [-0.39, 0.29) is 24.2 Å². The molecular formula is C24H32N4O3S. The molecule has 1 aliphatic rings. The Balaban J connectivity index is 1.79. The third-order valence-corrected chi connectivity index (χ3v) is 7.16. The van der Waals surface area contributed by atoms with Crippen molar-refractivity contribution < 1.29 is 13.2 Å². The summed E-state index contributed by atoms with van der Waals surface area (Å²) in [6.45, 7) is 5.67. The Morgan fingerprint density at radius 2 is 1.91 bits per heavy atom. The zero-order valence-corrected chi connectivity index (χ0v) is 19.5. The summed E-state index contributed by atoms with van der Waals surface area (Å²) in [4.78, 5) is 0. The molecule has 1 heterocycles. The number of rotatable bonds is 9. The van der Waals surface area contributed by atoms with Crippen LogP contribution < -0.4 is 20.1 Å². The number of sulfonamides is 1. The van der Waals surface area contributed by atoms with E-state index in [4.69, 9.17) is 15.9 Å². The molecule has 32 heavy (non-hydrogen) atoms. The molecule has 0 spiro atoms. The lowest BCUT2D eigenvalue weighted by atomic mass is 10.1.